The maximum absolute atomic E-state index is 2.51. The lowest BCUT2D eigenvalue weighted by atomic mass is 10.0. The molecule has 0 atom stereocenters. The number of fused-ring (bicyclic) bond motifs is 2. The Labute approximate surface area is 168 Å². The summed E-state index contributed by atoms with van der Waals surface area (Å²) in [6.45, 7) is 12.9. The van der Waals surface area contributed by atoms with Crippen molar-refractivity contribution in [2.45, 2.75) is 53.9 Å². The van der Waals surface area contributed by atoms with Crippen molar-refractivity contribution in [1.29, 1.82) is 0 Å². The third-order valence-corrected chi connectivity index (χ3v) is 6.68. The van der Waals surface area contributed by atoms with Crippen LogP contribution in [0.4, 0.5) is 11.4 Å². The van der Waals surface area contributed by atoms with Crippen LogP contribution in [0.2, 0.25) is 0 Å². The molecule has 2 aliphatic rings. The lowest BCUT2D eigenvalue weighted by Gasteiger charge is -2.19. The summed E-state index contributed by atoms with van der Waals surface area (Å²) in [4.78, 5) is 5.01. The van der Waals surface area contributed by atoms with Gasteiger partial charge in [-0.05, 0) is 96.5 Å². The Morgan fingerprint density at radius 3 is 1.14 bits per heavy atom. The van der Waals surface area contributed by atoms with Crippen LogP contribution in [-0.4, -0.2) is 0 Å². The summed E-state index contributed by atoms with van der Waals surface area (Å²) < 4.78 is 0. The Balaban J connectivity index is 1.38. The first-order valence-corrected chi connectivity index (χ1v) is 10.3. The van der Waals surface area contributed by atoms with Crippen LogP contribution in [0.25, 0.3) is 0 Å². The molecular formula is C26H28N2. The lowest BCUT2D eigenvalue weighted by molar-refractivity contribution is 0.867. The van der Waals surface area contributed by atoms with E-state index in [1.54, 1.807) is 0 Å². The zero-order chi connectivity index (χ0) is 19.4. The molecule has 0 saturated heterocycles. The van der Waals surface area contributed by atoms with E-state index in [0.717, 1.165) is 26.2 Å². The van der Waals surface area contributed by atoms with Crippen molar-refractivity contribution in [3.8, 4) is 0 Å². The third kappa shape index (κ3) is 2.88. The van der Waals surface area contributed by atoms with Crippen molar-refractivity contribution >= 4 is 11.4 Å². The van der Waals surface area contributed by atoms with Crippen LogP contribution in [0.3, 0.4) is 0 Å². The van der Waals surface area contributed by atoms with E-state index >= 15 is 0 Å². The molecule has 2 heterocycles. The predicted molar refractivity (Wildman–Crippen MR) is 118 cm³/mol. The van der Waals surface area contributed by atoms with Gasteiger partial charge in [-0.1, -0.05) is 24.3 Å². The maximum Gasteiger partial charge on any atom is 0.0436 e. The maximum atomic E-state index is 2.51. The van der Waals surface area contributed by atoms with Crippen LogP contribution in [0.1, 0.15) is 44.5 Å². The van der Waals surface area contributed by atoms with E-state index in [9.17, 15) is 0 Å². The Morgan fingerprint density at radius 1 is 0.464 bits per heavy atom. The molecule has 0 spiro atoms. The van der Waals surface area contributed by atoms with Gasteiger partial charge in [0.1, 0.15) is 0 Å². The SMILES string of the molecule is Cc1ccc(N2Cc3cc4c(cc3C2)CN(c2ccc(C)c(C)c2)C4)cc1C. The smallest absolute Gasteiger partial charge is 0.0436 e. The van der Waals surface area contributed by atoms with Crippen molar-refractivity contribution in [1.82, 2.24) is 0 Å². The van der Waals surface area contributed by atoms with Gasteiger partial charge in [0, 0.05) is 37.6 Å². The third-order valence-electron chi connectivity index (χ3n) is 6.68. The van der Waals surface area contributed by atoms with Crippen LogP contribution in [0.5, 0.6) is 0 Å². The van der Waals surface area contributed by atoms with Crippen LogP contribution in [-0.2, 0) is 26.2 Å². The van der Waals surface area contributed by atoms with Crippen LogP contribution < -0.4 is 9.80 Å². The summed E-state index contributed by atoms with van der Waals surface area (Å²) >= 11 is 0. The van der Waals surface area contributed by atoms with E-state index < -0.39 is 0 Å². The van der Waals surface area contributed by atoms with Gasteiger partial charge >= 0.3 is 0 Å². The summed E-state index contributed by atoms with van der Waals surface area (Å²) in [5.74, 6) is 0. The van der Waals surface area contributed by atoms with Crippen LogP contribution in [0.15, 0.2) is 48.5 Å². The molecule has 5 rings (SSSR count). The van der Waals surface area contributed by atoms with Crippen molar-refractivity contribution in [3.05, 3.63) is 93.0 Å². The van der Waals surface area contributed by atoms with Crippen LogP contribution >= 0.6 is 0 Å². The minimum Gasteiger partial charge on any atom is -0.363 e. The number of hydrogen-bond acceptors (Lipinski definition) is 2. The van der Waals surface area contributed by atoms with Gasteiger partial charge in [0.25, 0.3) is 0 Å². The largest absolute Gasteiger partial charge is 0.363 e. The number of hydrogen-bond donors (Lipinski definition) is 0. The number of aryl methyl sites for hydroxylation is 4. The first kappa shape index (κ1) is 17.4. The zero-order valence-corrected chi connectivity index (χ0v) is 17.3. The highest BCUT2D eigenvalue weighted by atomic mass is 15.2. The van der Waals surface area contributed by atoms with Gasteiger partial charge in [-0.3, -0.25) is 0 Å². The van der Waals surface area contributed by atoms with Crippen LogP contribution in [0, 0.1) is 27.7 Å². The number of rotatable bonds is 2. The first-order chi connectivity index (χ1) is 13.5. The van der Waals surface area contributed by atoms with E-state index in [0.29, 0.717) is 0 Å². The zero-order valence-electron chi connectivity index (χ0n) is 17.3. The molecule has 0 aromatic heterocycles. The van der Waals surface area contributed by atoms with Gasteiger partial charge in [-0.25, -0.2) is 0 Å². The molecule has 3 aromatic rings. The van der Waals surface area contributed by atoms with Gasteiger partial charge in [0.15, 0.2) is 0 Å². The van der Waals surface area contributed by atoms with E-state index in [-0.39, 0.29) is 0 Å². The number of anilines is 2. The number of benzene rings is 3. The van der Waals surface area contributed by atoms with E-state index in [2.05, 4.69) is 86.0 Å². The molecule has 0 fully saturated rings. The second kappa shape index (κ2) is 6.41. The fourth-order valence-electron chi connectivity index (χ4n) is 4.52. The molecule has 0 N–H and O–H groups in total. The van der Waals surface area contributed by atoms with E-state index in [1.165, 1.54) is 55.9 Å². The van der Waals surface area contributed by atoms with E-state index in [1.807, 2.05) is 0 Å². The second-order valence-electron chi connectivity index (χ2n) is 8.64. The summed E-state index contributed by atoms with van der Waals surface area (Å²) in [6.07, 6.45) is 0. The van der Waals surface area contributed by atoms with Gasteiger partial charge in [0.2, 0.25) is 0 Å². The van der Waals surface area contributed by atoms with Gasteiger partial charge in [-0.15, -0.1) is 0 Å². The summed E-state index contributed by atoms with van der Waals surface area (Å²) in [5.41, 5.74) is 14.2. The summed E-state index contributed by atoms with van der Waals surface area (Å²) in [6, 6.07) is 18.6. The second-order valence-corrected chi connectivity index (χ2v) is 8.64. The lowest BCUT2D eigenvalue weighted by Crippen LogP contribution is -2.15. The molecule has 2 aliphatic heterocycles. The van der Waals surface area contributed by atoms with Gasteiger partial charge in [0.05, 0.1) is 0 Å². The average Bonchev–Trinajstić information content (AvgIpc) is 3.27. The molecule has 2 nitrogen and oxygen atoms in total. The Morgan fingerprint density at radius 2 is 0.821 bits per heavy atom. The Kier molecular flexibility index (Phi) is 3.97. The molecule has 0 unspecified atom stereocenters. The van der Waals surface area contributed by atoms with Crippen molar-refractivity contribution < 1.29 is 0 Å². The molecule has 0 saturated carbocycles. The highest BCUT2D eigenvalue weighted by molar-refractivity contribution is 5.59. The minimum absolute atomic E-state index is 1.02. The molecule has 0 radical (unpaired) electrons. The quantitative estimate of drug-likeness (QED) is 0.550. The minimum atomic E-state index is 1.02. The Bertz CT molecular complexity index is 962. The predicted octanol–water partition coefficient (Wildman–Crippen LogP) is 5.96. The molecule has 0 amide bonds. The topological polar surface area (TPSA) is 6.48 Å². The normalized spacial score (nSPS) is 15.1. The molecule has 142 valence electrons. The monoisotopic (exact) mass is 368 g/mol. The summed E-state index contributed by atoms with van der Waals surface area (Å²) in [5, 5.41) is 0. The highest BCUT2D eigenvalue weighted by Crippen LogP contribution is 2.36. The fraction of sp³-hybridized carbons (Fsp3) is 0.308. The fourth-order valence-corrected chi connectivity index (χ4v) is 4.52. The van der Waals surface area contributed by atoms with Gasteiger partial charge < -0.3 is 9.80 Å². The number of nitrogens with zero attached hydrogens (tertiary/aromatic N) is 2. The van der Waals surface area contributed by atoms with E-state index in [4.69, 9.17) is 0 Å². The van der Waals surface area contributed by atoms with Crippen molar-refractivity contribution in [2.24, 2.45) is 0 Å². The van der Waals surface area contributed by atoms with Gasteiger partial charge in [-0.2, -0.15) is 0 Å². The highest BCUT2D eigenvalue weighted by Gasteiger charge is 2.26. The molecule has 0 aliphatic carbocycles. The molecular weight excluding hydrogens is 340 g/mol. The molecule has 28 heavy (non-hydrogen) atoms. The first-order valence-electron chi connectivity index (χ1n) is 10.3. The average molecular weight is 369 g/mol. The van der Waals surface area contributed by atoms with Crippen molar-refractivity contribution in [2.75, 3.05) is 9.80 Å². The standard InChI is InChI=1S/C26H28N2/c1-17-5-7-25(9-19(17)3)27-13-21-11-23-15-28(16-24(23)12-22(21)14-27)26-8-6-18(2)20(4)10-26/h5-12H,13-16H2,1-4H3. The van der Waals surface area contributed by atoms with Crippen molar-refractivity contribution in [3.63, 3.8) is 0 Å². The molecule has 2 heteroatoms. The molecule has 3 aromatic carbocycles. The summed E-state index contributed by atoms with van der Waals surface area (Å²) in [7, 11) is 0. The Hall–Kier alpha value is -2.74. The molecule has 0 bridgehead atoms.